The summed E-state index contributed by atoms with van der Waals surface area (Å²) in [5.74, 6) is 0.653. The van der Waals surface area contributed by atoms with E-state index in [0.29, 0.717) is 17.1 Å². The first-order valence-corrected chi connectivity index (χ1v) is 6.01. The van der Waals surface area contributed by atoms with Crippen LogP contribution < -0.4 is 15.8 Å². The van der Waals surface area contributed by atoms with Gasteiger partial charge in [-0.3, -0.25) is 4.79 Å². The molecule has 0 radical (unpaired) electrons. The maximum absolute atomic E-state index is 11.3. The van der Waals surface area contributed by atoms with Gasteiger partial charge in [-0.05, 0) is 36.9 Å². The highest BCUT2D eigenvalue weighted by atomic mass is 16.5. The Morgan fingerprint density at radius 1 is 1.21 bits per heavy atom. The first-order chi connectivity index (χ1) is 9.20. The molecule has 3 N–H and O–H groups in total. The number of nitrogens with one attached hydrogen (secondary N) is 1. The van der Waals surface area contributed by atoms with Gasteiger partial charge in [0.1, 0.15) is 11.5 Å². The quantitative estimate of drug-likeness (QED) is 0.862. The highest BCUT2D eigenvalue weighted by Gasteiger charge is 2.09. The van der Waals surface area contributed by atoms with Crippen molar-refractivity contribution in [3.05, 3.63) is 59.7 Å². The summed E-state index contributed by atoms with van der Waals surface area (Å²) in [6.07, 6.45) is 0. The van der Waals surface area contributed by atoms with Crippen LogP contribution in [0, 0.1) is 0 Å². The summed E-state index contributed by atoms with van der Waals surface area (Å²) < 4.78 is 5.73. The zero-order chi connectivity index (χ0) is 13.7. The number of rotatable bonds is 5. The molecule has 0 aromatic heterocycles. The van der Waals surface area contributed by atoms with Crippen molar-refractivity contribution in [1.82, 2.24) is 5.32 Å². The van der Waals surface area contributed by atoms with Crippen molar-refractivity contribution >= 4 is 5.91 Å². The predicted molar refractivity (Wildman–Crippen MR) is 74.2 cm³/mol. The van der Waals surface area contributed by atoms with E-state index in [1.165, 1.54) is 0 Å². The molecule has 0 bridgehead atoms. The molecular formula is C15H16N2O2. The number of benzene rings is 2. The van der Waals surface area contributed by atoms with Crippen molar-refractivity contribution in [3.8, 4) is 11.5 Å². The molecule has 0 atom stereocenters. The Hall–Kier alpha value is -2.33. The Labute approximate surface area is 112 Å². The van der Waals surface area contributed by atoms with Gasteiger partial charge in [0.25, 0.3) is 5.91 Å². The molecule has 0 saturated heterocycles. The molecule has 4 heteroatoms. The molecule has 0 spiro atoms. The van der Waals surface area contributed by atoms with Crippen molar-refractivity contribution < 1.29 is 9.53 Å². The molecule has 1 amide bonds. The minimum absolute atomic E-state index is 0.376. The van der Waals surface area contributed by atoms with E-state index in [4.69, 9.17) is 10.5 Å². The van der Waals surface area contributed by atoms with E-state index in [1.54, 1.807) is 24.3 Å². The number of para-hydroxylation sites is 1. The van der Waals surface area contributed by atoms with Crippen LogP contribution in [0.1, 0.15) is 15.9 Å². The third-order valence-electron chi connectivity index (χ3n) is 2.66. The first kappa shape index (κ1) is 13.1. The van der Waals surface area contributed by atoms with Crippen molar-refractivity contribution in [2.24, 2.45) is 5.73 Å². The van der Waals surface area contributed by atoms with Gasteiger partial charge in [-0.1, -0.05) is 24.3 Å². The highest BCUT2D eigenvalue weighted by Crippen LogP contribution is 2.25. The summed E-state index contributed by atoms with van der Waals surface area (Å²) in [4.78, 5) is 11.3. The molecule has 0 aliphatic rings. The second kappa shape index (κ2) is 6.02. The molecule has 0 aliphatic carbocycles. The number of carbonyl (C=O) groups is 1. The molecule has 0 heterocycles. The van der Waals surface area contributed by atoms with Gasteiger partial charge in [-0.15, -0.1) is 0 Å². The fourth-order valence-electron chi connectivity index (χ4n) is 1.81. The third kappa shape index (κ3) is 3.33. The number of nitrogens with two attached hydrogens (primary N) is 1. The molecule has 19 heavy (non-hydrogen) atoms. The molecule has 0 aliphatic heterocycles. The molecular weight excluding hydrogens is 240 g/mol. The minimum Gasteiger partial charge on any atom is -0.457 e. The molecule has 98 valence electrons. The monoisotopic (exact) mass is 256 g/mol. The maximum atomic E-state index is 11.3. The summed E-state index contributed by atoms with van der Waals surface area (Å²) in [6.45, 7) is 0.759. The second-order valence-corrected chi connectivity index (χ2v) is 4.14. The maximum Gasteiger partial charge on any atom is 0.252 e. The zero-order valence-electron chi connectivity index (χ0n) is 10.7. The Morgan fingerprint density at radius 3 is 2.74 bits per heavy atom. The van der Waals surface area contributed by atoms with Crippen molar-refractivity contribution in [2.45, 2.75) is 6.54 Å². The number of hydrogen-bond acceptors (Lipinski definition) is 3. The SMILES string of the molecule is CNCc1cccc(Oc2ccccc2C(N)=O)c1. The van der Waals surface area contributed by atoms with Crippen LogP contribution in [0.4, 0.5) is 0 Å². The van der Waals surface area contributed by atoms with Gasteiger partial charge in [0.2, 0.25) is 0 Å². The molecule has 2 rings (SSSR count). The van der Waals surface area contributed by atoms with Crippen LogP contribution in [0.3, 0.4) is 0 Å². The summed E-state index contributed by atoms with van der Waals surface area (Å²) in [7, 11) is 1.88. The van der Waals surface area contributed by atoms with Crippen LogP contribution in [0.2, 0.25) is 0 Å². The van der Waals surface area contributed by atoms with E-state index < -0.39 is 5.91 Å². The van der Waals surface area contributed by atoms with Crippen LogP contribution in [-0.2, 0) is 6.54 Å². The lowest BCUT2D eigenvalue weighted by Gasteiger charge is -2.10. The Bertz CT molecular complexity index is 582. The Balaban J connectivity index is 2.26. The fraction of sp³-hybridized carbons (Fsp3) is 0.133. The van der Waals surface area contributed by atoms with Crippen LogP contribution in [0.15, 0.2) is 48.5 Å². The molecule has 4 nitrogen and oxygen atoms in total. The van der Waals surface area contributed by atoms with Gasteiger partial charge in [0, 0.05) is 6.54 Å². The van der Waals surface area contributed by atoms with Gasteiger partial charge in [-0.2, -0.15) is 0 Å². The lowest BCUT2D eigenvalue weighted by atomic mass is 10.2. The van der Waals surface area contributed by atoms with Gasteiger partial charge < -0.3 is 15.8 Å². The van der Waals surface area contributed by atoms with E-state index in [9.17, 15) is 4.79 Å². The van der Waals surface area contributed by atoms with Gasteiger partial charge in [0.05, 0.1) is 5.56 Å². The average Bonchev–Trinajstić information content (AvgIpc) is 2.40. The topological polar surface area (TPSA) is 64.3 Å². The van der Waals surface area contributed by atoms with Gasteiger partial charge >= 0.3 is 0 Å². The smallest absolute Gasteiger partial charge is 0.252 e. The first-order valence-electron chi connectivity index (χ1n) is 6.01. The largest absolute Gasteiger partial charge is 0.457 e. The Kier molecular flexibility index (Phi) is 4.15. The zero-order valence-corrected chi connectivity index (χ0v) is 10.7. The number of ether oxygens (including phenoxy) is 1. The van der Waals surface area contributed by atoms with Crippen molar-refractivity contribution in [1.29, 1.82) is 0 Å². The standard InChI is InChI=1S/C15H16N2O2/c1-17-10-11-5-4-6-12(9-11)19-14-8-3-2-7-13(14)15(16)18/h2-9,17H,10H2,1H3,(H2,16,18). The molecule has 0 saturated carbocycles. The van der Waals surface area contributed by atoms with Crippen molar-refractivity contribution in [2.75, 3.05) is 7.05 Å². The number of hydrogen-bond donors (Lipinski definition) is 2. The molecule has 2 aromatic carbocycles. The Morgan fingerprint density at radius 2 is 2.00 bits per heavy atom. The number of amides is 1. The van der Waals surface area contributed by atoms with E-state index in [1.807, 2.05) is 31.3 Å². The number of carbonyl (C=O) groups excluding carboxylic acids is 1. The van der Waals surface area contributed by atoms with E-state index in [0.717, 1.165) is 12.1 Å². The third-order valence-corrected chi connectivity index (χ3v) is 2.66. The minimum atomic E-state index is -0.498. The van der Waals surface area contributed by atoms with E-state index in [-0.39, 0.29) is 0 Å². The second-order valence-electron chi connectivity index (χ2n) is 4.14. The van der Waals surface area contributed by atoms with E-state index in [2.05, 4.69) is 5.32 Å². The average molecular weight is 256 g/mol. The van der Waals surface area contributed by atoms with Crippen LogP contribution in [0.25, 0.3) is 0 Å². The lowest BCUT2D eigenvalue weighted by molar-refractivity contribution is 0.0998. The summed E-state index contributed by atoms with van der Waals surface area (Å²) in [6, 6.07) is 14.6. The number of primary amides is 1. The molecule has 0 unspecified atom stereocenters. The van der Waals surface area contributed by atoms with Gasteiger partial charge in [-0.25, -0.2) is 0 Å². The van der Waals surface area contributed by atoms with Crippen LogP contribution in [-0.4, -0.2) is 13.0 Å². The molecule has 0 fully saturated rings. The summed E-state index contributed by atoms with van der Waals surface area (Å²) in [5.41, 5.74) is 6.80. The summed E-state index contributed by atoms with van der Waals surface area (Å²) >= 11 is 0. The molecule has 2 aromatic rings. The highest BCUT2D eigenvalue weighted by molar-refractivity contribution is 5.95. The van der Waals surface area contributed by atoms with Crippen LogP contribution in [0.5, 0.6) is 11.5 Å². The fourth-order valence-corrected chi connectivity index (χ4v) is 1.81. The predicted octanol–water partition coefficient (Wildman–Crippen LogP) is 2.30. The lowest BCUT2D eigenvalue weighted by Crippen LogP contribution is -2.12. The van der Waals surface area contributed by atoms with E-state index >= 15 is 0 Å². The normalized spacial score (nSPS) is 10.2. The van der Waals surface area contributed by atoms with Crippen molar-refractivity contribution in [3.63, 3.8) is 0 Å². The van der Waals surface area contributed by atoms with Gasteiger partial charge in [0.15, 0.2) is 0 Å². The summed E-state index contributed by atoms with van der Waals surface area (Å²) in [5, 5.41) is 3.08. The van der Waals surface area contributed by atoms with Crippen LogP contribution >= 0.6 is 0 Å².